The third-order valence-corrected chi connectivity index (χ3v) is 3.18. The fourth-order valence-electron chi connectivity index (χ4n) is 2.05. The highest BCUT2D eigenvalue weighted by atomic mass is 16.4. The predicted molar refractivity (Wildman–Crippen MR) is 76.2 cm³/mol. The Kier molecular flexibility index (Phi) is 4.09. The molecule has 0 saturated heterocycles. The number of carbonyl (C=O) groups excluding carboxylic acids is 1. The van der Waals surface area contributed by atoms with Crippen molar-refractivity contribution in [3.8, 4) is 5.75 Å². The summed E-state index contributed by atoms with van der Waals surface area (Å²) in [6.07, 6.45) is -1.26. The number of aliphatic hydroxyl groups is 1. The van der Waals surface area contributed by atoms with Crippen LogP contribution in [0, 0.1) is 0 Å². The van der Waals surface area contributed by atoms with Gasteiger partial charge in [0.2, 0.25) is 0 Å². The molecule has 2 aromatic rings. The molecule has 6 nitrogen and oxygen atoms in total. The molecule has 2 rings (SSSR count). The Morgan fingerprint density at radius 3 is 2.43 bits per heavy atom. The summed E-state index contributed by atoms with van der Waals surface area (Å²) in [6, 6.07) is 8.59. The van der Waals surface area contributed by atoms with Crippen molar-refractivity contribution in [1.29, 1.82) is 0 Å². The zero-order valence-corrected chi connectivity index (χ0v) is 11.3. The molecule has 0 aliphatic carbocycles. The molecule has 0 fully saturated rings. The quantitative estimate of drug-likeness (QED) is 0.674. The van der Waals surface area contributed by atoms with Gasteiger partial charge in [-0.05, 0) is 18.4 Å². The van der Waals surface area contributed by atoms with Crippen LogP contribution in [0.4, 0.5) is 0 Å². The van der Waals surface area contributed by atoms with E-state index in [2.05, 4.69) is 5.32 Å². The Bertz CT molecular complexity index is 696. The summed E-state index contributed by atoms with van der Waals surface area (Å²) in [5.41, 5.74) is -0.0411. The van der Waals surface area contributed by atoms with Crippen LogP contribution in [0.2, 0.25) is 0 Å². The molecule has 0 aliphatic rings. The summed E-state index contributed by atoms with van der Waals surface area (Å²) >= 11 is 0. The second-order valence-corrected chi connectivity index (χ2v) is 4.71. The van der Waals surface area contributed by atoms with E-state index in [1.54, 1.807) is 30.3 Å². The highest BCUT2D eigenvalue weighted by Crippen LogP contribution is 2.28. The van der Waals surface area contributed by atoms with E-state index in [4.69, 9.17) is 5.11 Å². The number of fused-ring (bicyclic) bond motifs is 1. The lowest BCUT2D eigenvalue weighted by Crippen LogP contribution is -2.47. The van der Waals surface area contributed by atoms with Gasteiger partial charge in [0, 0.05) is 5.39 Å². The molecule has 6 heteroatoms. The molecule has 0 heterocycles. The fraction of sp³-hybridized carbons (Fsp3) is 0.200. The van der Waals surface area contributed by atoms with Gasteiger partial charge in [-0.2, -0.15) is 0 Å². The maximum absolute atomic E-state index is 12.1. The van der Waals surface area contributed by atoms with Crippen molar-refractivity contribution in [2.45, 2.75) is 19.1 Å². The summed E-state index contributed by atoms with van der Waals surface area (Å²) in [5.74, 6) is -2.33. The Morgan fingerprint density at radius 1 is 1.14 bits per heavy atom. The topological polar surface area (TPSA) is 107 Å². The van der Waals surface area contributed by atoms with E-state index in [9.17, 15) is 19.8 Å². The molecule has 2 atom stereocenters. The van der Waals surface area contributed by atoms with Crippen molar-refractivity contribution < 1.29 is 24.9 Å². The van der Waals surface area contributed by atoms with Crippen LogP contribution in [0.15, 0.2) is 36.4 Å². The standard InChI is InChI=1S/C15H15NO5/c1-8(17)12(15(20)21)16-14(19)11-7-6-9-4-2-3-5-10(9)13(11)18/h2-8,12,17-18H,1H3,(H,16,19)(H,20,21)/t8-,12+/m1/s1. The maximum atomic E-state index is 12.1. The first-order chi connectivity index (χ1) is 9.91. The lowest BCUT2D eigenvalue weighted by Gasteiger charge is -2.17. The van der Waals surface area contributed by atoms with Gasteiger partial charge < -0.3 is 20.6 Å². The van der Waals surface area contributed by atoms with E-state index in [-0.39, 0.29) is 11.3 Å². The molecule has 0 saturated carbocycles. The third-order valence-electron chi connectivity index (χ3n) is 3.18. The van der Waals surface area contributed by atoms with Gasteiger partial charge >= 0.3 is 5.97 Å². The lowest BCUT2D eigenvalue weighted by molar-refractivity contribution is -0.141. The average molecular weight is 289 g/mol. The van der Waals surface area contributed by atoms with Gasteiger partial charge in [-0.25, -0.2) is 4.79 Å². The molecule has 0 aliphatic heterocycles. The zero-order valence-electron chi connectivity index (χ0n) is 11.3. The monoisotopic (exact) mass is 289 g/mol. The van der Waals surface area contributed by atoms with E-state index in [0.29, 0.717) is 5.39 Å². The normalized spacial score (nSPS) is 13.6. The van der Waals surface area contributed by atoms with Crippen LogP contribution >= 0.6 is 0 Å². The van der Waals surface area contributed by atoms with Crippen molar-refractivity contribution >= 4 is 22.6 Å². The van der Waals surface area contributed by atoms with Crippen LogP contribution in [0.3, 0.4) is 0 Å². The lowest BCUT2D eigenvalue weighted by atomic mass is 10.0. The van der Waals surface area contributed by atoms with Crippen LogP contribution in [0.25, 0.3) is 10.8 Å². The number of phenols is 1. The van der Waals surface area contributed by atoms with E-state index < -0.39 is 24.0 Å². The van der Waals surface area contributed by atoms with Crippen molar-refractivity contribution in [2.24, 2.45) is 0 Å². The Morgan fingerprint density at radius 2 is 1.81 bits per heavy atom. The van der Waals surface area contributed by atoms with Gasteiger partial charge in [0.25, 0.3) is 5.91 Å². The number of benzene rings is 2. The summed E-state index contributed by atoms with van der Waals surface area (Å²) < 4.78 is 0. The number of aliphatic carboxylic acids is 1. The van der Waals surface area contributed by atoms with Crippen LogP contribution in [-0.4, -0.2) is 39.3 Å². The van der Waals surface area contributed by atoms with Gasteiger partial charge in [0.15, 0.2) is 6.04 Å². The molecule has 21 heavy (non-hydrogen) atoms. The summed E-state index contributed by atoms with van der Waals surface area (Å²) in [7, 11) is 0. The molecular weight excluding hydrogens is 274 g/mol. The minimum Gasteiger partial charge on any atom is -0.506 e. The Labute approximate surface area is 120 Å². The Hall–Kier alpha value is -2.60. The molecule has 0 spiro atoms. The molecule has 4 N–H and O–H groups in total. The highest BCUT2D eigenvalue weighted by Gasteiger charge is 2.26. The van der Waals surface area contributed by atoms with Gasteiger partial charge in [0.05, 0.1) is 11.7 Å². The van der Waals surface area contributed by atoms with Crippen LogP contribution < -0.4 is 5.32 Å². The number of carboxylic acid groups (broad SMARTS) is 1. The van der Waals surface area contributed by atoms with Crippen molar-refractivity contribution in [2.75, 3.05) is 0 Å². The highest BCUT2D eigenvalue weighted by molar-refractivity contribution is 6.04. The zero-order chi connectivity index (χ0) is 15.6. The van der Waals surface area contributed by atoms with Gasteiger partial charge in [-0.1, -0.05) is 30.3 Å². The van der Waals surface area contributed by atoms with Crippen molar-refractivity contribution in [3.05, 3.63) is 42.0 Å². The van der Waals surface area contributed by atoms with E-state index in [0.717, 1.165) is 5.39 Å². The first kappa shape index (κ1) is 14.8. The molecule has 2 aromatic carbocycles. The predicted octanol–water partition coefficient (Wildman–Crippen LogP) is 1.11. The first-order valence-electron chi connectivity index (χ1n) is 6.34. The fourth-order valence-corrected chi connectivity index (χ4v) is 2.05. The maximum Gasteiger partial charge on any atom is 0.328 e. The average Bonchev–Trinajstić information content (AvgIpc) is 2.44. The molecule has 0 bridgehead atoms. The minimum absolute atomic E-state index is 0.0411. The van der Waals surface area contributed by atoms with Crippen LogP contribution in [0.5, 0.6) is 5.75 Å². The molecule has 1 amide bonds. The summed E-state index contributed by atoms with van der Waals surface area (Å²) in [4.78, 5) is 23.1. The number of phenolic OH excluding ortho intramolecular Hbond substituents is 1. The SMILES string of the molecule is C[C@@H](O)[C@H](NC(=O)c1ccc2ccccc2c1O)C(=O)O. The van der Waals surface area contributed by atoms with E-state index >= 15 is 0 Å². The van der Waals surface area contributed by atoms with Crippen LogP contribution in [-0.2, 0) is 4.79 Å². The molecular formula is C15H15NO5. The number of carbonyl (C=O) groups is 2. The molecule has 0 aromatic heterocycles. The van der Waals surface area contributed by atoms with Crippen molar-refractivity contribution in [1.82, 2.24) is 5.32 Å². The molecule has 0 radical (unpaired) electrons. The number of hydrogen-bond donors (Lipinski definition) is 4. The van der Waals surface area contributed by atoms with Gasteiger partial charge in [-0.15, -0.1) is 0 Å². The number of amides is 1. The summed E-state index contributed by atoms with van der Waals surface area (Å²) in [6.45, 7) is 1.26. The number of rotatable bonds is 4. The van der Waals surface area contributed by atoms with Gasteiger partial charge in [-0.3, -0.25) is 4.79 Å². The van der Waals surface area contributed by atoms with Gasteiger partial charge in [0.1, 0.15) is 5.75 Å². The minimum atomic E-state index is -1.44. The number of hydrogen-bond acceptors (Lipinski definition) is 4. The van der Waals surface area contributed by atoms with E-state index in [1.165, 1.54) is 13.0 Å². The second-order valence-electron chi connectivity index (χ2n) is 4.71. The van der Waals surface area contributed by atoms with E-state index in [1.807, 2.05) is 0 Å². The third kappa shape index (κ3) is 2.95. The number of carboxylic acids is 1. The smallest absolute Gasteiger partial charge is 0.328 e. The largest absolute Gasteiger partial charge is 0.506 e. The van der Waals surface area contributed by atoms with Crippen LogP contribution in [0.1, 0.15) is 17.3 Å². The molecule has 110 valence electrons. The number of aromatic hydroxyl groups is 1. The number of nitrogens with one attached hydrogen (secondary N) is 1. The summed E-state index contributed by atoms with van der Waals surface area (Å²) in [5, 5.41) is 31.9. The van der Waals surface area contributed by atoms with Crippen molar-refractivity contribution in [3.63, 3.8) is 0 Å². The Balaban J connectivity index is 2.35. The first-order valence-corrected chi connectivity index (χ1v) is 6.34. The second kappa shape index (κ2) is 5.80. The molecule has 0 unspecified atom stereocenters. The number of aliphatic hydroxyl groups excluding tert-OH is 1.